The Kier molecular flexibility index (Phi) is 2.64. The highest BCUT2D eigenvalue weighted by Gasteiger charge is 2.43. The zero-order chi connectivity index (χ0) is 10.2. The highest BCUT2D eigenvalue weighted by atomic mass is 79.9. The van der Waals surface area contributed by atoms with Gasteiger partial charge in [0.25, 0.3) is 5.91 Å². The van der Waals surface area contributed by atoms with E-state index in [1.165, 1.54) is 11.3 Å². The maximum Gasteiger partial charge on any atom is 0.252 e. The number of amides is 1. The van der Waals surface area contributed by atoms with Gasteiger partial charge in [-0.05, 0) is 34.8 Å². The monoisotopic (exact) mass is 275 g/mol. The van der Waals surface area contributed by atoms with Crippen molar-refractivity contribution in [3.63, 3.8) is 0 Å². The number of aliphatic hydroxyl groups excluding tert-OH is 1. The van der Waals surface area contributed by atoms with Gasteiger partial charge in [-0.15, -0.1) is 11.3 Å². The summed E-state index contributed by atoms with van der Waals surface area (Å²) in [6.45, 7) is 0.0318. The Balaban J connectivity index is 2.03. The molecule has 1 fully saturated rings. The number of carbonyl (C=O) groups excluding carboxylic acids is 1. The van der Waals surface area contributed by atoms with Crippen molar-refractivity contribution >= 4 is 33.2 Å². The van der Waals surface area contributed by atoms with Crippen LogP contribution in [0.25, 0.3) is 0 Å². The maximum atomic E-state index is 11.6. The van der Waals surface area contributed by atoms with Crippen LogP contribution in [0.15, 0.2) is 15.2 Å². The van der Waals surface area contributed by atoms with Gasteiger partial charge in [0.1, 0.15) is 0 Å². The Morgan fingerprint density at radius 2 is 2.43 bits per heavy atom. The Labute approximate surface area is 94.3 Å². The fourth-order valence-corrected chi connectivity index (χ4v) is 2.35. The number of carbonyl (C=O) groups is 1. The van der Waals surface area contributed by atoms with Gasteiger partial charge in [0, 0.05) is 5.38 Å². The molecule has 0 spiro atoms. The van der Waals surface area contributed by atoms with Crippen LogP contribution in [0.5, 0.6) is 0 Å². The molecule has 3 nitrogen and oxygen atoms in total. The average molecular weight is 276 g/mol. The van der Waals surface area contributed by atoms with Crippen LogP contribution in [0.3, 0.4) is 0 Å². The lowest BCUT2D eigenvalue weighted by atomic mass is 10.2. The first-order valence-electron chi connectivity index (χ1n) is 4.33. The summed E-state index contributed by atoms with van der Waals surface area (Å²) >= 11 is 4.78. The molecule has 1 aromatic rings. The van der Waals surface area contributed by atoms with Crippen LogP contribution < -0.4 is 5.32 Å². The molecule has 2 rings (SSSR count). The smallest absolute Gasteiger partial charge is 0.252 e. The van der Waals surface area contributed by atoms with Crippen LogP contribution in [-0.4, -0.2) is 23.2 Å². The topological polar surface area (TPSA) is 49.3 Å². The van der Waals surface area contributed by atoms with Gasteiger partial charge in [0.15, 0.2) is 0 Å². The highest BCUT2D eigenvalue weighted by molar-refractivity contribution is 9.11. The van der Waals surface area contributed by atoms with Crippen LogP contribution >= 0.6 is 27.3 Å². The van der Waals surface area contributed by atoms with E-state index in [2.05, 4.69) is 21.2 Å². The van der Waals surface area contributed by atoms with Crippen molar-refractivity contribution in [3.8, 4) is 0 Å². The summed E-state index contributed by atoms with van der Waals surface area (Å²) in [7, 11) is 0. The third kappa shape index (κ3) is 1.99. The van der Waals surface area contributed by atoms with Crippen LogP contribution in [0, 0.1) is 0 Å². The summed E-state index contributed by atoms with van der Waals surface area (Å²) in [5.74, 6) is -0.0986. The molecule has 2 N–H and O–H groups in total. The predicted octanol–water partition coefficient (Wildman–Crippen LogP) is 1.77. The van der Waals surface area contributed by atoms with E-state index < -0.39 is 0 Å². The molecule has 0 unspecified atom stereocenters. The number of rotatable bonds is 3. The molecular weight excluding hydrogens is 266 g/mol. The van der Waals surface area contributed by atoms with Gasteiger partial charge < -0.3 is 10.4 Å². The SMILES string of the molecule is O=C(NC1(CO)CC1)c1csc(Br)c1. The minimum absolute atomic E-state index is 0.0318. The fourth-order valence-electron chi connectivity index (χ4n) is 1.22. The third-order valence-electron chi connectivity index (χ3n) is 2.36. The second kappa shape index (κ2) is 3.64. The van der Waals surface area contributed by atoms with Crippen molar-refractivity contribution in [1.82, 2.24) is 5.32 Å². The van der Waals surface area contributed by atoms with Gasteiger partial charge in [-0.25, -0.2) is 0 Å². The van der Waals surface area contributed by atoms with Crippen LogP contribution in [-0.2, 0) is 0 Å². The van der Waals surface area contributed by atoms with Crippen molar-refractivity contribution in [2.24, 2.45) is 0 Å². The van der Waals surface area contributed by atoms with E-state index in [9.17, 15) is 4.79 Å². The van der Waals surface area contributed by atoms with Crippen molar-refractivity contribution in [3.05, 3.63) is 20.8 Å². The first-order chi connectivity index (χ1) is 6.65. The molecule has 0 atom stereocenters. The molecule has 1 aromatic heterocycles. The molecule has 0 aromatic carbocycles. The van der Waals surface area contributed by atoms with E-state index in [1.807, 2.05) is 0 Å². The molecule has 1 amide bonds. The molecule has 1 saturated carbocycles. The third-order valence-corrected chi connectivity index (χ3v) is 3.87. The minimum Gasteiger partial charge on any atom is -0.394 e. The lowest BCUT2D eigenvalue weighted by molar-refractivity contribution is 0.0907. The number of hydrogen-bond donors (Lipinski definition) is 2. The number of aliphatic hydroxyl groups is 1. The van der Waals surface area contributed by atoms with E-state index in [1.54, 1.807) is 11.4 Å². The largest absolute Gasteiger partial charge is 0.394 e. The van der Waals surface area contributed by atoms with E-state index in [4.69, 9.17) is 5.11 Å². The summed E-state index contributed by atoms with van der Waals surface area (Å²) in [5.41, 5.74) is 0.326. The predicted molar refractivity (Wildman–Crippen MR) is 58.5 cm³/mol. The molecule has 1 heterocycles. The first kappa shape index (κ1) is 10.1. The molecule has 76 valence electrons. The van der Waals surface area contributed by atoms with Gasteiger partial charge in [0.2, 0.25) is 0 Å². The Morgan fingerprint density at radius 3 is 2.86 bits per heavy atom. The number of nitrogens with one attached hydrogen (secondary N) is 1. The van der Waals surface area contributed by atoms with Crippen molar-refractivity contribution in [2.45, 2.75) is 18.4 Å². The fraction of sp³-hybridized carbons (Fsp3) is 0.444. The normalized spacial score (nSPS) is 17.9. The average Bonchev–Trinajstić information content (AvgIpc) is 2.80. The first-order valence-corrected chi connectivity index (χ1v) is 6.00. The Morgan fingerprint density at radius 1 is 1.71 bits per heavy atom. The number of thiophene rings is 1. The molecule has 0 radical (unpaired) electrons. The van der Waals surface area contributed by atoms with Crippen molar-refractivity contribution < 1.29 is 9.90 Å². The number of hydrogen-bond acceptors (Lipinski definition) is 3. The van der Waals surface area contributed by atoms with E-state index in [0.29, 0.717) is 5.56 Å². The number of halogens is 1. The van der Waals surface area contributed by atoms with Gasteiger partial charge >= 0.3 is 0 Å². The van der Waals surface area contributed by atoms with Crippen LogP contribution in [0.2, 0.25) is 0 Å². The molecular formula is C9H10BrNO2S. The molecule has 0 bridgehead atoms. The summed E-state index contributed by atoms with van der Waals surface area (Å²) in [6, 6.07) is 1.79. The quantitative estimate of drug-likeness (QED) is 0.884. The second-order valence-electron chi connectivity index (χ2n) is 3.53. The summed E-state index contributed by atoms with van der Waals surface area (Å²) < 4.78 is 0.941. The van der Waals surface area contributed by atoms with E-state index in [0.717, 1.165) is 16.6 Å². The van der Waals surface area contributed by atoms with Crippen LogP contribution in [0.1, 0.15) is 23.2 Å². The lowest BCUT2D eigenvalue weighted by Crippen LogP contribution is -2.39. The molecule has 1 aliphatic carbocycles. The van der Waals surface area contributed by atoms with Crippen molar-refractivity contribution in [2.75, 3.05) is 6.61 Å². The molecule has 0 aliphatic heterocycles. The lowest BCUT2D eigenvalue weighted by Gasteiger charge is -2.13. The van der Waals surface area contributed by atoms with E-state index >= 15 is 0 Å². The Hall–Kier alpha value is -0.390. The zero-order valence-corrected chi connectivity index (χ0v) is 9.82. The second-order valence-corrected chi connectivity index (χ2v) is 5.82. The summed E-state index contributed by atoms with van der Waals surface area (Å²) in [4.78, 5) is 11.6. The summed E-state index contributed by atoms with van der Waals surface area (Å²) in [6.07, 6.45) is 1.75. The van der Waals surface area contributed by atoms with Crippen LogP contribution in [0.4, 0.5) is 0 Å². The van der Waals surface area contributed by atoms with E-state index in [-0.39, 0.29) is 18.1 Å². The zero-order valence-electron chi connectivity index (χ0n) is 7.42. The van der Waals surface area contributed by atoms with Gasteiger partial charge in [-0.2, -0.15) is 0 Å². The highest BCUT2D eigenvalue weighted by Crippen LogP contribution is 2.35. The standard InChI is InChI=1S/C9H10BrNO2S/c10-7-3-6(4-14-7)8(13)11-9(5-12)1-2-9/h3-4,12H,1-2,5H2,(H,11,13). The molecule has 0 saturated heterocycles. The van der Waals surface area contributed by atoms with Crippen molar-refractivity contribution in [1.29, 1.82) is 0 Å². The molecule has 1 aliphatic rings. The summed E-state index contributed by atoms with van der Waals surface area (Å²) in [5, 5.41) is 13.7. The Bertz CT molecular complexity index is 359. The van der Waals surface area contributed by atoms with Gasteiger partial charge in [0.05, 0.1) is 21.5 Å². The molecule has 5 heteroatoms. The van der Waals surface area contributed by atoms with Gasteiger partial charge in [-0.3, -0.25) is 4.79 Å². The maximum absolute atomic E-state index is 11.6. The minimum atomic E-state index is -0.328. The van der Waals surface area contributed by atoms with Gasteiger partial charge in [-0.1, -0.05) is 0 Å². The molecule has 14 heavy (non-hydrogen) atoms.